The molecule has 140 valence electrons. The van der Waals surface area contributed by atoms with Crippen LogP contribution in [0.25, 0.3) is 11.5 Å². The molecule has 7 heteroatoms. The lowest BCUT2D eigenvalue weighted by atomic mass is 10.1. The number of nitriles is 1. The minimum Gasteiger partial charge on any atom is -0.497 e. The number of methoxy groups -OCH3 is 1. The minimum absolute atomic E-state index is 0.0195. The van der Waals surface area contributed by atoms with Gasteiger partial charge in [0, 0.05) is 30.5 Å². The molecular weight excluding hydrogens is 356 g/mol. The molecule has 0 saturated carbocycles. The average molecular weight is 374 g/mol. The topological polar surface area (TPSA) is 92.2 Å². The van der Waals surface area contributed by atoms with Gasteiger partial charge in [-0.3, -0.25) is 4.79 Å². The lowest BCUT2D eigenvalue weighted by Crippen LogP contribution is -2.25. The second kappa shape index (κ2) is 7.16. The lowest BCUT2D eigenvalue weighted by Gasteiger charge is -2.19. The van der Waals surface area contributed by atoms with Gasteiger partial charge in [-0.25, -0.2) is 0 Å². The van der Waals surface area contributed by atoms with Crippen molar-refractivity contribution in [3.63, 3.8) is 0 Å². The van der Waals surface area contributed by atoms with Gasteiger partial charge in [0.15, 0.2) is 5.82 Å². The molecule has 4 rings (SSSR count). The largest absolute Gasteiger partial charge is 0.497 e. The van der Waals surface area contributed by atoms with Gasteiger partial charge in [0.05, 0.1) is 24.4 Å². The summed E-state index contributed by atoms with van der Waals surface area (Å²) in [6, 6.07) is 14.7. The predicted molar refractivity (Wildman–Crippen MR) is 102 cm³/mol. The van der Waals surface area contributed by atoms with Crippen molar-refractivity contribution >= 4 is 11.6 Å². The van der Waals surface area contributed by atoms with Crippen LogP contribution in [0.4, 0.5) is 5.69 Å². The normalized spacial score (nSPS) is 16.2. The number of carbonyl (C=O) groups is 1. The van der Waals surface area contributed by atoms with Crippen LogP contribution in [0, 0.1) is 18.3 Å². The van der Waals surface area contributed by atoms with Gasteiger partial charge in [0.1, 0.15) is 5.75 Å². The Kier molecular flexibility index (Phi) is 4.53. The molecule has 0 spiro atoms. The third-order valence-corrected chi connectivity index (χ3v) is 4.90. The first kappa shape index (κ1) is 17.7. The van der Waals surface area contributed by atoms with E-state index in [-0.39, 0.29) is 11.8 Å². The van der Waals surface area contributed by atoms with Crippen molar-refractivity contribution in [1.29, 1.82) is 5.26 Å². The van der Waals surface area contributed by atoms with Gasteiger partial charge in [-0.05, 0) is 42.8 Å². The van der Waals surface area contributed by atoms with Gasteiger partial charge in [0.2, 0.25) is 5.91 Å². The molecule has 0 radical (unpaired) electrons. The summed E-state index contributed by atoms with van der Waals surface area (Å²) < 4.78 is 10.7. The third kappa shape index (κ3) is 3.21. The Morgan fingerprint density at radius 1 is 1.25 bits per heavy atom. The zero-order chi connectivity index (χ0) is 19.7. The maximum absolute atomic E-state index is 12.6. The van der Waals surface area contributed by atoms with Crippen molar-refractivity contribution < 1.29 is 14.1 Å². The standard InChI is InChI=1S/C21H18N4O3/c1-13-3-8-17(27-2)10-18(13)25-12-16(9-19(25)26)20-23-21(28-24-20)15-6-4-14(11-22)5-7-15/h3-8,10,16H,9,12H2,1-2H3. The fraction of sp³-hybridized carbons (Fsp3) is 0.238. The maximum Gasteiger partial charge on any atom is 0.257 e. The van der Waals surface area contributed by atoms with Crippen molar-refractivity contribution in [3.8, 4) is 23.3 Å². The SMILES string of the molecule is COc1ccc(C)c(N2CC(c3noc(-c4ccc(C#N)cc4)n3)CC2=O)c1. The van der Waals surface area contributed by atoms with Crippen molar-refractivity contribution in [2.45, 2.75) is 19.3 Å². The number of amides is 1. The summed E-state index contributed by atoms with van der Waals surface area (Å²) in [5.74, 6) is 1.47. The molecule has 1 atom stereocenters. The molecule has 1 fully saturated rings. The van der Waals surface area contributed by atoms with E-state index in [1.54, 1.807) is 36.3 Å². The van der Waals surface area contributed by atoms with E-state index >= 15 is 0 Å². The van der Waals surface area contributed by atoms with E-state index in [4.69, 9.17) is 14.5 Å². The van der Waals surface area contributed by atoms with Gasteiger partial charge >= 0.3 is 0 Å². The first-order chi connectivity index (χ1) is 13.6. The number of hydrogen-bond acceptors (Lipinski definition) is 6. The number of rotatable bonds is 4. The minimum atomic E-state index is -0.144. The smallest absolute Gasteiger partial charge is 0.257 e. The summed E-state index contributed by atoms with van der Waals surface area (Å²) in [6.07, 6.45) is 0.322. The molecule has 0 aliphatic carbocycles. The number of benzene rings is 2. The van der Waals surface area contributed by atoms with Gasteiger partial charge in [0.25, 0.3) is 5.89 Å². The molecule has 7 nitrogen and oxygen atoms in total. The van der Waals surface area contributed by atoms with Crippen LogP contribution in [-0.2, 0) is 4.79 Å². The summed E-state index contributed by atoms with van der Waals surface area (Å²) in [4.78, 5) is 18.8. The van der Waals surface area contributed by atoms with Gasteiger partial charge in [-0.2, -0.15) is 10.2 Å². The van der Waals surface area contributed by atoms with Crippen LogP contribution in [0.2, 0.25) is 0 Å². The molecule has 1 amide bonds. The van der Waals surface area contributed by atoms with Gasteiger partial charge < -0.3 is 14.2 Å². The molecule has 3 aromatic rings. The number of carbonyl (C=O) groups excluding carboxylic acids is 1. The monoisotopic (exact) mass is 374 g/mol. The average Bonchev–Trinajstić information content (AvgIpc) is 3.35. The first-order valence-corrected chi connectivity index (χ1v) is 8.88. The summed E-state index contributed by atoms with van der Waals surface area (Å²) in [6.45, 7) is 2.45. The summed E-state index contributed by atoms with van der Waals surface area (Å²) in [7, 11) is 1.60. The quantitative estimate of drug-likeness (QED) is 0.694. The van der Waals surface area contributed by atoms with E-state index in [9.17, 15) is 4.79 Å². The van der Waals surface area contributed by atoms with Gasteiger partial charge in [-0.1, -0.05) is 11.2 Å². The fourth-order valence-electron chi connectivity index (χ4n) is 3.33. The van der Waals surface area contributed by atoms with Crippen LogP contribution in [0.1, 0.15) is 29.3 Å². The second-order valence-corrected chi connectivity index (χ2v) is 6.70. The lowest BCUT2D eigenvalue weighted by molar-refractivity contribution is -0.117. The Hall–Kier alpha value is -3.66. The van der Waals surface area contributed by atoms with Crippen molar-refractivity contribution in [2.75, 3.05) is 18.6 Å². The Balaban J connectivity index is 1.56. The summed E-state index contributed by atoms with van der Waals surface area (Å²) in [5.41, 5.74) is 3.14. The van der Waals surface area contributed by atoms with Crippen LogP contribution >= 0.6 is 0 Å². The molecule has 2 heterocycles. The van der Waals surface area contributed by atoms with Crippen LogP contribution < -0.4 is 9.64 Å². The highest BCUT2D eigenvalue weighted by Gasteiger charge is 2.35. The predicted octanol–water partition coefficient (Wildman–Crippen LogP) is 3.45. The van der Waals surface area contributed by atoms with E-state index in [0.29, 0.717) is 36.0 Å². The molecular formula is C21H18N4O3. The number of hydrogen-bond donors (Lipinski definition) is 0. The summed E-state index contributed by atoms with van der Waals surface area (Å²) in [5, 5.41) is 13.0. The third-order valence-electron chi connectivity index (χ3n) is 4.90. The molecule has 2 aromatic carbocycles. The van der Waals surface area contributed by atoms with Crippen LogP contribution in [0.3, 0.4) is 0 Å². The zero-order valence-electron chi connectivity index (χ0n) is 15.5. The number of ether oxygens (including phenoxy) is 1. The molecule has 1 saturated heterocycles. The van der Waals surface area contributed by atoms with Crippen molar-refractivity contribution in [3.05, 3.63) is 59.4 Å². The Morgan fingerprint density at radius 3 is 2.75 bits per heavy atom. The molecule has 0 bridgehead atoms. The van der Waals surface area contributed by atoms with E-state index in [1.807, 2.05) is 25.1 Å². The second-order valence-electron chi connectivity index (χ2n) is 6.70. The van der Waals surface area contributed by atoms with Crippen LogP contribution in [-0.4, -0.2) is 29.7 Å². The fourth-order valence-corrected chi connectivity index (χ4v) is 3.33. The van der Waals surface area contributed by atoms with E-state index in [0.717, 1.165) is 16.8 Å². The molecule has 1 unspecified atom stereocenters. The van der Waals surface area contributed by atoms with Crippen LogP contribution in [0.15, 0.2) is 47.0 Å². The molecule has 0 N–H and O–H groups in total. The number of anilines is 1. The Bertz CT molecular complexity index is 1070. The Labute approximate surface area is 162 Å². The van der Waals surface area contributed by atoms with Crippen molar-refractivity contribution in [2.24, 2.45) is 0 Å². The van der Waals surface area contributed by atoms with Crippen molar-refractivity contribution in [1.82, 2.24) is 10.1 Å². The number of nitrogens with zero attached hydrogens (tertiary/aromatic N) is 4. The van der Waals surface area contributed by atoms with E-state index < -0.39 is 0 Å². The van der Waals surface area contributed by atoms with E-state index in [1.165, 1.54) is 0 Å². The number of aromatic nitrogens is 2. The van der Waals surface area contributed by atoms with Gasteiger partial charge in [-0.15, -0.1) is 0 Å². The van der Waals surface area contributed by atoms with Crippen LogP contribution in [0.5, 0.6) is 5.75 Å². The number of aryl methyl sites for hydroxylation is 1. The molecule has 1 aliphatic rings. The zero-order valence-corrected chi connectivity index (χ0v) is 15.5. The highest BCUT2D eigenvalue weighted by Crippen LogP contribution is 2.34. The highest BCUT2D eigenvalue weighted by molar-refractivity contribution is 5.97. The first-order valence-electron chi connectivity index (χ1n) is 8.88. The van der Waals surface area contributed by atoms with E-state index in [2.05, 4.69) is 16.2 Å². The summed E-state index contributed by atoms with van der Waals surface area (Å²) >= 11 is 0. The highest BCUT2D eigenvalue weighted by atomic mass is 16.5. The maximum atomic E-state index is 12.6. The molecule has 1 aromatic heterocycles. The Morgan fingerprint density at radius 2 is 2.04 bits per heavy atom. The molecule has 28 heavy (non-hydrogen) atoms. The molecule has 1 aliphatic heterocycles.